The van der Waals surface area contributed by atoms with Gasteiger partial charge >= 0.3 is 0 Å². The molecule has 0 bridgehead atoms. The van der Waals surface area contributed by atoms with Gasteiger partial charge in [-0.2, -0.15) is 0 Å². The van der Waals surface area contributed by atoms with Crippen LogP contribution < -0.4 is 10.6 Å². The van der Waals surface area contributed by atoms with E-state index in [-0.39, 0.29) is 17.9 Å². The monoisotopic (exact) mass is 232 g/mol. The summed E-state index contributed by atoms with van der Waals surface area (Å²) in [5.74, 6) is 0.311. The van der Waals surface area contributed by atoms with Gasteiger partial charge in [-0.05, 0) is 32.4 Å². The van der Waals surface area contributed by atoms with Crippen LogP contribution in [0.25, 0.3) is 0 Å². The number of rotatable bonds is 3. The number of amides is 1. The van der Waals surface area contributed by atoms with Crippen molar-refractivity contribution in [2.24, 2.45) is 5.92 Å². The molecule has 0 radical (unpaired) electrons. The largest absolute Gasteiger partial charge is 0.349 e. The van der Waals surface area contributed by atoms with Crippen LogP contribution in [0.2, 0.25) is 0 Å². The number of hydrogen-bond donors (Lipinski definition) is 2. The molecule has 1 aliphatic rings. The SMILES string of the molecule is Cc1cccc([C@H](C)NC(=O)C2CCNC2)c1. The smallest absolute Gasteiger partial charge is 0.224 e. The summed E-state index contributed by atoms with van der Waals surface area (Å²) in [6.45, 7) is 5.87. The number of nitrogens with one attached hydrogen (secondary N) is 2. The van der Waals surface area contributed by atoms with Gasteiger partial charge in [-0.25, -0.2) is 0 Å². The van der Waals surface area contributed by atoms with Gasteiger partial charge in [0.15, 0.2) is 0 Å². The molecule has 1 fully saturated rings. The van der Waals surface area contributed by atoms with Gasteiger partial charge in [0, 0.05) is 6.54 Å². The van der Waals surface area contributed by atoms with Gasteiger partial charge in [0.25, 0.3) is 0 Å². The molecular formula is C14H20N2O. The number of benzene rings is 1. The van der Waals surface area contributed by atoms with Gasteiger partial charge in [0.1, 0.15) is 0 Å². The summed E-state index contributed by atoms with van der Waals surface area (Å²) >= 11 is 0. The van der Waals surface area contributed by atoms with Crippen LogP contribution in [0.1, 0.15) is 30.5 Å². The highest BCUT2D eigenvalue weighted by Gasteiger charge is 2.23. The second-order valence-corrected chi connectivity index (χ2v) is 4.83. The zero-order valence-electron chi connectivity index (χ0n) is 10.5. The zero-order chi connectivity index (χ0) is 12.3. The lowest BCUT2D eigenvalue weighted by atomic mass is 10.0. The summed E-state index contributed by atoms with van der Waals surface area (Å²) < 4.78 is 0. The molecule has 1 aromatic carbocycles. The molecule has 3 nitrogen and oxygen atoms in total. The Morgan fingerprint density at radius 2 is 2.35 bits per heavy atom. The minimum absolute atomic E-state index is 0.0861. The Morgan fingerprint density at radius 3 is 3.00 bits per heavy atom. The molecule has 1 heterocycles. The first-order valence-electron chi connectivity index (χ1n) is 6.24. The molecule has 2 rings (SSSR count). The number of carbonyl (C=O) groups is 1. The molecule has 17 heavy (non-hydrogen) atoms. The van der Waals surface area contributed by atoms with Crippen LogP contribution in [0.15, 0.2) is 24.3 Å². The molecule has 92 valence electrons. The van der Waals surface area contributed by atoms with Gasteiger partial charge in [-0.1, -0.05) is 29.8 Å². The quantitative estimate of drug-likeness (QED) is 0.834. The van der Waals surface area contributed by atoms with Gasteiger partial charge in [0.05, 0.1) is 12.0 Å². The normalized spacial score (nSPS) is 21.2. The van der Waals surface area contributed by atoms with Gasteiger partial charge in [0.2, 0.25) is 5.91 Å². The van der Waals surface area contributed by atoms with E-state index in [2.05, 4.69) is 35.8 Å². The summed E-state index contributed by atoms with van der Waals surface area (Å²) in [4.78, 5) is 12.0. The molecule has 2 N–H and O–H groups in total. The molecule has 0 spiro atoms. The highest BCUT2D eigenvalue weighted by molar-refractivity contribution is 5.79. The number of carbonyl (C=O) groups excluding carboxylic acids is 1. The average Bonchev–Trinajstić information content (AvgIpc) is 2.82. The third-order valence-electron chi connectivity index (χ3n) is 3.33. The molecule has 1 saturated heterocycles. The van der Waals surface area contributed by atoms with Crippen molar-refractivity contribution in [3.05, 3.63) is 35.4 Å². The molecular weight excluding hydrogens is 212 g/mol. The lowest BCUT2D eigenvalue weighted by Crippen LogP contribution is -2.33. The molecule has 0 saturated carbocycles. The molecule has 3 heteroatoms. The second-order valence-electron chi connectivity index (χ2n) is 4.83. The maximum absolute atomic E-state index is 12.0. The van der Waals surface area contributed by atoms with Crippen LogP contribution in [-0.2, 0) is 4.79 Å². The standard InChI is InChI=1S/C14H20N2O/c1-10-4-3-5-12(8-10)11(2)16-14(17)13-6-7-15-9-13/h3-5,8,11,13,15H,6-7,9H2,1-2H3,(H,16,17)/t11-,13?/m0/s1. The van der Waals surface area contributed by atoms with E-state index >= 15 is 0 Å². The fourth-order valence-corrected chi connectivity index (χ4v) is 2.23. The second kappa shape index (κ2) is 5.32. The van der Waals surface area contributed by atoms with Crippen molar-refractivity contribution in [1.82, 2.24) is 10.6 Å². The molecule has 1 aliphatic heterocycles. The van der Waals surface area contributed by atoms with E-state index < -0.39 is 0 Å². The van der Waals surface area contributed by atoms with E-state index in [0.717, 1.165) is 19.5 Å². The fraction of sp³-hybridized carbons (Fsp3) is 0.500. The predicted octanol–water partition coefficient (Wildman–Crippen LogP) is 1.78. The minimum atomic E-state index is 0.0861. The van der Waals surface area contributed by atoms with E-state index in [0.29, 0.717) is 0 Å². The molecule has 1 aromatic rings. The maximum Gasteiger partial charge on any atom is 0.224 e. The fourth-order valence-electron chi connectivity index (χ4n) is 2.23. The van der Waals surface area contributed by atoms with Crippen molar-refractivity contribution in [3.63, 3.8) is 0 Å². The Balaban J connectivity index is 1.96. The van der Waals surface area contributed by atoms with Crippen molar-refractivity contribution in [1.29, 1.82) is 0 Å². The van der Waals surface area contributed by atoms with E-state index in [1.54, 1.807) is 0 Å². The zero-order valence-corrected chi connectivity index (χ0v) is 10.5. The molecule has 0 aromatic heterocycles. The van der Waals surface area contributed by atoms with Crippen LogP contribution in [-0.4, -0.2) is 19.0 Å². The first-order chi connectivity index (χ1) is 8.16. The first-order valence-corrected chi connectivity index (χ1v) is 6.24. The van der Waals surface area contributed by atoms with Gasteiger partial charge in [-0.15, -0.1) is 0 Å². The van der Waals surface area contributed by atoms with Crippen molar-refractivity contribution in [3.8, 4) is 0 Å². The molecule has 1 unspecified atom stereocenters. The van der Waals surface area contributed by atoms with Crippen molar-refractivity contribution >= 4 is 5.91 Å². The molecule has 1 amide bonds. The van der Waals surface area contributed by atoms with Crippen molar-refractivity contribution < 1.29 is 4.79 Å². The van der Waals surface area contributed by atoms with Crippen LogP contribution in [0.4, 0.5) is 0 Å². The van der Waals surface area contributed by atoms with E-state index in [9.17, 15) is 4.79 Å². The summed E-state index contributed by atoms with van der Waals surface area (Å²) in [6.07, 6.45) is 0.951. The summed E-state index contributed by atoms with van der Waals surface area (Å²) in [5.41, 5.74) is 2.40. The Bertz CT molecular complexity index is 397. The van der Waals surface area contributed by atoms with Crippen molar-refractivity contribution in [2.75, 3.05) is 13.1 Å². The summed E-state index contributed by atoms with van der Waals surface area (Å²) in [7, 11) is 0. The lowest BCUT2D eigenvalue weighted by Gasteiger charge is -2.17. The molecule has 2 atom stereocenters. The topological polar surface area (TPSA) is 41.1 Å². The van der Waals surface area contributed by atoms with Crippen LogP contribution in [0.5, 0.6) is 0 Å². The Hall–Kier alpha value is -1.35. The Labute approximate surface area is 103 Å². The van der Waals surface area contributed by atoms with Crippen molar-refractivity contribution in [2.45, 2.75) is 26.3 Å². The maximum atomic E-state index is 12.0. The van der Waals surface area contributed by atoms with Crippen LogP contribution >= 0.6 is 0 Å². The summed E-state index contributed by atoms with van der Waals surface area (Å²) in [5, 5.41) is 6.30. The van der Waals surface area contributed by atoms with Crippen LogP contribution in [0, 0.1) is 12.8 Å². The minimum Gasteiger partial charge on any atom is -0.349 e. The predicted molar refractivity (Wildman–Crippen MR) is 68.7 cm³/mol. The number of aryl methyl sites for hydroxylation is 1. The average molecular weight is 232 g/mol. The first kappa shape index (κ1) is 12.1. The third kappa shape index (κ3) is 3.07. The lowest BCUT2D eigenvalue weighted by molar-refractivity contribution is -0.125. The highest BCUT2D eigenvalue weighted by Crippen LogP contribution is 2.15. The van der Waals surface area contributed by atoms with Gasteiger partial charge in [-0.3, -0.25) is 4.79 Å². The highest BCUT2D eigenvalue weighted by atomic mass is 16.2. The van der Waals surface area contributed by atoms with E-state index in [4.69, 9.17) is 0 Å². The van der Waals surface area contributed by atoms with E-state index in [1.807, 2.05) is 13.0 Å². The van der Waals surface area contributed by atoms with Crippen LogP contribution in [0.3, 0.4) is 0 Å². The third-order valence-corrected chi connectivity index (χ3v) is 3.33. The molecule has 0 aliphatic carbocycles. The Morgan fingerprint density at radius 1 is 1.53 bits per heavy atom. The van der Waals surface area contributed by atoms with Gasteiger partial charge < -0.3 is 10.6 Å². The summed E-state index contributed by atoms with van der Waals surface area (Å²) in [6, 6.07) is 8.37. The van der Waals surface area contributed by atoms with E-state index in [1.165, 1.54) is 11.1 Å². The Kier molecular flexibility index (Phi) is 3.79. The number of hydrogen-bond acceptors (Lipinski definition) is 2.